The van der Waals surface area contributed by atoms with Crippen LogP contribution in [0.1, 0.15) is 78.5 Å². The molecule has 4 aliphatic heterocycles. The Labute approximate surface area is 412 Å². The molecule has 2 aromatic heterocycles. The zero-order valence-electron chi connectivity index (χ0n) is 37.8. The van der Waals surface area contributed by atoms with Crippen molar-refractivity contribution in [3.05, 3.63) is 104 Å². The fourth-order valence-corrected chi connectivity index (χ4v) is 9.76. The van der Waals surface area contributed by atoms with Gasteiger partial charge in [-0.05, 0) is 119 Å². The standard InChI is InChI=1S/C25H31Cl2N5O2.C24H28Cl2N4O3/c1-30-8-3-9-31(13-12-30)23(33)14-18-6-10-32(11-7-18)24-22(16-21(27)17-28-24)29-25(34)19-4-2-5-20(26)15-19;25-18-3-1-2-17(13-18)24(33)28-21-14-19(26)15-27-23(21)30-8-4-16(5-9-30)12-22(32)29-10-6-20(31)7-11-29/h2,4-5,15-18H,3,6-14H2,1H3,(H,29,34);1-3,13-16,20,31H,4-12H2,(H,28,33). The average molecular weight is 996 g/mol. The lowest BCUT2D eigenvalue weighted by molar-refractivity contribution is -0.134. The van der Waals surface area contributed by atoms with Gasteiger partial charge in [0.25, 0.3) is 11.8 Å². The smallest absolute Gasteiger partial charge is 0.255 e. The number of halogens is 4. The highest BCUT2D eigenvalue weighted by Gasteiger charge is 2.29. The summed E-state index contributed by atoms with van der Waals surface area (Å²) in [7, 11) is 2.11. The van der Waals surface area contributed by atoms with Gasteiger partial charge in [0.1, 0.15) is 0 Å². The van der Waals surface area contributed by atoms with E-state index in [0.29, 0.717) is 105 Å². The van der Waals surface area contributed by atoms with Gasteiger partial charge in [-0.2, -0.15) is 0 Å². The minimum atomic E-state index is -0.282. The number of aliphatic hydroxyl groups is 1. The second-order valence-corrected chi connectivity index (χ2v) is 19.6. The molecule has 0 bridgehead atoms. The number of aromatic nitrogens is 2. The number of rotatable bonds is 10. The number of anilines is 4. The molecular weight excluding hydrogens is 936 g/mol. The van der Waals surface area contributed by atoms with Crippen LogP contribution >= 0.6 is 46.4 Å². The van der Waals surface area contributed by atoms with Crippen molar-refractivity contribution in [3.63, 3.8) is 0 Å². The second-order valence-electron chi connectivity index (χ2n) is 17.9. The zero-order valence-corrected chi connectivity index (χ0v) is 40.8. The summed E-state index contributed by atoms with van der Waals surface area (Å²) in [5.74, 6) is 1.95. The Morgan fingerprint density at radius 1 is 0.567 bits per heavy atom. The molecule has 8 rings (SSSR count). The van der Waals surface area contributed by atoms with E-state index in [1.807, 2.05) is 9.80 Å². The third-order valence-corrected chi connectivity index (χ3v) is 13.9. The zero-order chi connectivity index (χ0) is 47.5. The number of aliphatic hydroxyl groups excluding tert-OH is 1. The highest BCUT2D eigenvalue weighted by atomic mass is 35.5. The van der Waals surface area contributed by atoms with Gasteiger partial charge in [-0.3, -0.25) is 19.2 Å². The van der Waals surface area contributed by atoms with Gasteiger partial charge in [-0.25, -0.2) is 9.97 Å². The van der Waals surface area contributed by atoms with Crippen molar-refractivity contribution in [1.82, 2.24) is 24.7 Å². The summed E-state index contributed by atoms with van der Waals surface area (Å²) < 4.78 is 0. The lowest BCUT2D eigenvalue weighted by atomic mass is 9.92. The minimum Gasteiger partial charge on any atom is -0.393 e. The molecule has 0 saturated carbocycles. The fourth-order valence-electron chi connectivity index (χ4n) is 9.06. The summed E-state index contributed by atoms with van der Waals surface area (Å²) in [4.78, 5) is 70.5. The number of pyridine rings is 2. The first-order valence-corrected chi connectivity index (χ1v) is 24.7. The molecule has 0 radical (unpaired) electrons. The van der Waals surface area contributed by atoms with Crippen LogP contribution in [0, 0.1) is 11.8 Å². The Hall–Kier alpha value is -4.70. The third kappa shape index (κ3) is 14.4. The van der Waals surface area contributed by atoms with Crippen LogP contribution < -0.4 is 20.4 Å². The Morgan fingerprint density at radius 3 is 1.46 bits per heavy atom. The van der Waals surface area contributed by atoms with Crippen molar-refractivity contribution < 1.29 is 24.3 Å². The number of likely N-dealkylation sites (tertiary alicyclic amines) is 1. The van der Waals surface area contributed by atoms with Crippen LogP contribution in [0.15, 0.2) is 73.1 Å². The van der Waals surface area contributed by atoms with Gasteiger partial charge in [0.05, 0.1) is 27.5 Å². The molecule has 4 saturated heterocycles. The number of hydrogen-bond acceptors (Lipinski definition) is 10. The molecule has 4 aliphatic rings. The topological polar surface area (TPSA) is 155 Å². The van der Waals surface area contributed by atoms with Gasteiger partial charge in [0.15, 0.2) is 11.6 Å². The number of nitrogens with zero attached hydrogens (tertiary/aromatic N) is 7. The molecule has 18 heteroatoms. The predicted molar refractivity (Wildman–Crippen MR) is 267 cm³/mol. The lowest BCUT2D eigenvalue weighted by Crippen LogP contribution is -2.42. The van der Waals surface area contributed by atoms with E-state index in [2.05, 4.69) is 42.3 Å². The first-order valence-electron chi connectivity index (χ1n) is 23.1. The second kappa shape index (κ2) is 24.0. The number of amides is 4. The molecule has 0 aliphatic carbocycles. The van der Waals surface area contributed by atoms with E-state index < -0.39 is 0 Å². The maximum Gasteiger partial charge on any atom is 0.255 e. The minimum absolute atomic E-state index is 0.180. The van der Waals surface area contributed by atoms with Gasteiger partial charge in [-0.1, -0.05) is 58.5 Å². The van der Waals surface area contributed by atoms with Crippen molar-refractivity contribution >= 4 is 93.0 Å². The Balaban J connectivity index is 0.000000199. The number of benzene rings is 2. The normalized spacial score (nSPS) is 17.9. The van der Waals surface area contributed by atoms with Crippen molar-refractivity contribution in [2.24, 2.45) is 11.8 Å². The van der Waals surface area contributed by atoms with Crippen LogP contribution in [0.2, 0.25) is 20.1 Å². The van der Waals surface area contributed by atoms with Crippen molar-refractivity contribution in [2.75, 3.05) is 92.9 Å². The van der Waals surface area contributed by atoms with E-state index in [4.69, 9.17) is 46.4 Å². The van der Waals surface area contributed by atoms with Crippen LogP contribution in [0.3, 0.4) is 0 Å². The van der Waals surface area contributed by atoms with Crippen molar-refractivity contribution in [1.29, 1.82) is 0 Å². The summed E-state index contributed by atoms with van der Waals surface area (Å²) in [6, 6.07) is 17.0. The third-order valence-electron chi connectivity index (χ3n) is 13.0. The quantitative estimate of drug-likeness (QED) is 0.141. The Morgan fingerprint density at radius 2 is 1.01 bits per heavy atom. The van der Waals surface area contributed by atoms with Crippen LogP contribution in [0.25, 0.3) is 0 Å². The number of likely N-dealkylation sites (N-methyl/N-ethyl adjacent to an activating group) is 1. The molecule has 0 unspecified atom stereocenters. The van der Waals surface area contributed by atoms with Crippen LogP contribution in [-0.2, 0) is 9.59 Å². The number of nitrogens with one attached hydrogen (secondary N) is 2. The van der Waals surface area contributed by atoms with Crippen LogP contribution in [0.4, 0.5) is 23.0 Å². The van der Waals surface area contributed by atoms with Crippen LogP contribution in [0.5, 0.6) is 0 Å². The summed E-state index contributed by atoms with van der Waals surface area (Å²) >= 11 is 24.4. The molecule has 2 aromatic carbocycles. The first kappa shape index (κ1) is 50.2. The molecule has 4 aromatic rings. The van der Waals surface area contributed by atoms with Crippen molar-refractivity contribution in [3.8, 4) is 0 Å². The Kier molecular flexibility index (Phi) is 18.0. The highest BCUT2D eigenvalue weighted by molar-refractivity contribution is 6.32. The monoisotopic (exact) mass is 993 g/mol. The van der Waals surface area contributed by atoms with Gasteiger partial charge in [0, 0.05) is 105 Å². The molecule has 14 nitrogen and oxygen atoms in total. The van der Waals surface area contributed by atoms with E-state index in [9.17, 15) is 24.3 Å². The van der Waals surface area contributed by atoms with E-state index in [1.54, 1.807) is 73.1 Å². The molecule has 4 amide bonds. The molecule has 4 fully saturated rings. The number of carbonyl (C=O) groups is 4. The molecule has 0 spiro atoms. The summed E-state index contributed by atoms with van der Waals surface area (Å²) in [6.45, 7) is 7.97. The van der Waals surface area contributed by atoms with E-state index >= 15 is 0 Å². The summed E-state index contributed by atoms with van der Waals surface area (Å²) in [5.41, 5.74) is 2.04. The lowest BCUT2D eigenvalue weighted by Gasteiger charge is -2.35. The van der Waals surface area contributed by atoms with Crippen LogP contribution in [-0.4, -0.2) is 132 Å². The molecule has 3 N–H and O–H groups in total. The van der Waals surface area contributed by atoms with Gasteiger partial charge in [-0.15, -0.1) is 0 Å². The molecule has 6 heterocycles. The van der Waals surface area contributed by atoms with E-state index in [0.717, 1.165) is 84.5 Å². The molecular formula is C49H59Cl4N9O5. The van der Waals surface area contributed by atoms with Gasteiger partial charge < -0.3 is 40.2 Å². The van der Waals surface area contributed by atoms with Crippen molar-refractivity contribution in [2.45, 2.75) is 63.9 Å². The predicted octanol–water partition coefficient (Wildman–Crippen LogP) is 8.64. The van der Waals surface area contributed by atoms with E-state index in [-0.39, 0.29) is 29.7 Å². The average Bonchev–Trinajstić information content (AvgIpc) is 3.54. The largest absolute Gasteiger partial charge is 0.393 e. The van der Waals surface area contributed by atoms with Gasteiger partial charge in [0.2, 0.25) is 11.8 Å². The first-order chi connectivity index (χ1) is 32.3. The number of piperidine rings is 3. The summed E-state index contributed by atoms with van der Waals surface area (Å²) in [6.07, 6.45) is 9.94. The van der Waals surface area contributed by atoms with E-state index in [1.165, 1.54) is 0 Å². The molecule has 358 valence electrons. The SMILES string of the molecule is CN1CCCN(C(=O)CC2CCN(c3ncc(Cl)cc3NC(=O)c3cccc(Cl)c3)CC2)CC1.O=C(Nc1cc(Cl)cnc1N1CCC(CC(=O)N2CCC(O)CC2)CC1)c1cccc(Cl)c1. The van der Waals surface area contributed by atoms with Gasteiger partial charge >= 0.3 is 0 Å². The molecule has 0 atom stereocenters. The number of carbonyl (C=O) groups excluding carboxylic acids is 4. The maximum atomic E-state index is 12.9. The number of hydrogen-bond donors (Lipinski definition) is 3. The maximum absolute atomic E-state index is 12.9. The summed E-state index contributed by atoms with van der Waals surface area (Å²) in [5, 5.41) is 17.4. The molecule has 67 heavy (non-hydrogen) atoms. The highest BCUT2D eigenvalue weighted by Crippen LogP contribution is 2.34. The fraction of sp³-hybridized carbons (Fsp3) is 0.469. The Bertz CT molecular complexity index is 2350.